The van der Waals surface area contributed by atoms with Crippen LogP contribution in [0.2, 0.25) is 0 Å². The molecule has 1 N–H and O–H groups in total. The highest BCUT2D eigenvalue weighted by atomic mass is 32.1. The van der Waals surface area contributed by atoms with E-state index in [-0.39, 0.29) is 0 Å². The normalized spacial score (nSPS) is 12.6. The van der Waals surface area contributed by atoms with Gasteiger partial charge in [-0.1, -0.05) is 58.3 Å². The maximum atomic E-state index is 5.42. The Labute approximate surface area is 128 Å². The average Bonchev–Trinajstić information content (AvgIpc) is 2.94. The molecule has 0 bridgehead atoms. The van der Waals surface area contributed by atoms with Gasteiger partial charge in [-0.2, -0.15) is 0 Å². The fourth-order valence-electron chi connectivity index (χ4n) is 2.62. The molecule has 1 atom stereocenters. The standard InChI is InChI=1S/C17H31NOS/c1-4-5-6-7-8-9-10-11-12-15(18-2)17-16(19-3)13-14-20-17/h13-15,18H,4-12H2,1-3H3. The largest absolute Gasteiger partial charge is 0.496 e. The molecule has 1 unspecified atom stereocenters. The molecule has 1 aromatic rings. The van der Waals surface area contributed by atoms with Crippen molar-refractivity contribution in [1.29, 1.82) is 0 Å². The summed E-state index contributed by atoms with van der Waals surface area (Å²) < 4.78 is 5.42. The van der Waals surface area contributed by atoms with Crippen LogP contribution in [0.4, 0.5) is 0 Å². The number of thiophene rings is 1. The molecule has 1 aromatic heterocycles. The molecule has 0 amide bonds. The van der Waals surface area contributed by atoms with Gasteiger partial charge in [0.25, 0.3) is 0 Å². The zero-order valence-electron chi connectivity index (χ0n) is 13.4. The quantitative estimate of drug-likeness (QED) is 0.511. The van der Waals surface area contributed by atoms with Gasteiger partial charge < -0.3 is 10.1 Å². The van der Waals surface area contributed by atoms with Gasteiger partial charge in [0.05, 0.1) is 12.0 Å². The summed E-state index contributed by atoms with van der Waals surface area (Å²) in [5, 5.41) is 5.55. The minimum Gasteiger partial charge on any atom is -0.496 e. The molecule has 1 heterocycles. The lowest BCUT2D eigenvalue weighted by Gasteiger charge is -2.16. The lowest BCUT2D eigenvalue weighted by atomic mass is 10.0. The number of nitrogens with one attached hydrogen (secondary N) is 1. The predicted octanol–water partition coefficient (Wildman–Crippen LogP) is 5.55. The summed E-state index contributed by atoms with van der Waals surface area (Å²) >= 11 is 1.80. The number of unbranched alkanes of at least 4 members (excludes halogenated alkanes) is 7. The van der Waals surface area contributed by atoms with Crippen LogP contribution in [-0.4, -0.2) is 14.2 Å². The van der Waals surface area contributed by atoms with Crippen LogP contribution in [0.15, 0.2) is 11.4 Å². The lowest BCUT2D eigenvalue weighted by Crippen LogP contribution is -2.15. The molecule has 0 aliphatic heterocycles. The smallest absolute Gasteiger partial charge is 0.134 e. The van der Waals surface area contributed by atoms with Crippen LogP contribution < -0.4 is 10.1 Å². The molecular formula is C17H31NOS. The number of hydrogen-bond acceptors (Lipinski definition) is 3. The van der Waals surface area contributed by atoms with Gasteiger partial charge in [0.1, 0.15) is 5.75 Å². The van der Waals surface area contributed by atoms with Crippen LogP contribution in [0.3, 0.4) is 0 Å². The van der Waals surface area contributed by atoms with Crippen molar-refractivity contribution in [1.82, 2.24) is 5.32 Å². The zero-order chi connectivity index (χ0) is 14.6. The predicted molar refractivity (Wildman–Crippen MR) is 89.9 cm³/mol. The molecule has 2 nitrogen and oxygen atoms in total. The number of methoxy groups -OCH3 is 1. The highest BCUT2D eigenvalue weighted by Gasteiger charge is 2.15. The number of ether oxygens (including phenoxy) is 1. The molecule has 3 heteroatoms. The molecule has 0 radical (unpaired) electrons. The highest BCUT2D eigenvalue weighted by Crippen LogP contribution is 2.33. The molecule has 116 valence electrons. The second-order valence-electron chi connectivity index (χ2n) is 5.46. The van der Waals surface area contributed by atoms with Gasteiger partial charge in [0.15, 0.2) is 0 Å². The second kappa shape index (κ2) is 11.2. The van der Waals surface area contributed by atoms with Crippen molar-refractivity contribution in [2.45, 2.75) is 70.8 Å². The van der Waals surface area contributed by atoms with E-state index in [1.54, 1.807) is 18.4 Å². The van der Waals surface area contributed by atoms with Gasteiger partial charge in [-0.05, 0) is 24.9 Å². The number of rotatable bonds is 12. The third kappa shape index (κ3) is 6.27. The van der Waals surface area contributed by atoms with Crippen molar-refractivity contribution in [2.24, 2.45) is 0 Å². The van der Waals surface area contributed by atoms with E-state index in [9.17, 15) is 0 Å². The lowest BCUT2D eigenvalue weighted by molar-refractivity contribution is 0.400. The first-order valence-corrected chi connectivity index (χ1v) is 9.00. The molecule has 0 aliphatic rings. The third-order valence-corrected chi connectivity index (χ3v) is 4.90. The molecule has 0 saturated heterocycles. The fourth-order valence-corrected chi connectivity index (χ4v) is 3.63. The van der Waals surface area contributed by atoms with Gasteiger partial charge >= 0.3 is 0 Å². The maximum absolute atomic E-state index is 5.42. The van der Waals surface area contributed by atoms with Crippen LogP contribution in [0, 0.1) is 0 Å². The van der Waals surface area contributed by atoms with E-state index in [2.05, 4.69) is 30.7 Å². The van der Waals surface area contributed by atoms with Crippen molar-refractivity contribution in [2.75, 3.05) is 14.2 Å². The average molecular weight is 298 g/mol. The van der Waals surface area contributed by atoms with Crippen molar-refractivity contribution >= 4 is 11.3 Å². The van der Waals surface area contributed by atoms with Crippen LogP contribution in [0.5, 0.6) is 5.75 Å². The summed E-state index contributed by atoms with van der Waals surface area (Å²) in [6.45, 7) is 2.27. The molecule has 0 aromatic carbocycles. The van der Waals surface area contributed by atoms with E-state index in [0.717, 1.165) is 5.75 Å². The Hall–Kier alpha value is -0.540. The molecule has 0 fully saturated rings. The summed E-state index contributed by atoms with van der Waals surface area (Å²) in [5.74, 6) is 1.04. The maximum Gasteiger partial charge on any atom is 0.134 e. The molecule has 0 saturated carbocycles. The molecule has 1 rings (SSSR count). The minimum absolute atomic E-state index is 0.449. The van der Waals surface area contributed by atoms with Crippen LogP contribution in [0.25, 0.3) is 0 Å². The Kier molecular flexibility index (Phi) is 9.77. The van der Waals surface area contributed by atoms with Crippen LogP contribution in [-0.2, 0) is 0 Å². The van der Waals surface area contributed by atoms with Crippen molar-refractivity contribution < 1.29 is 4.74 Å². The van der Waals surface area contributed by atoms with Crippen LogP contribution >= 0.6 is 11.3 Å². The van der Waals surface area contributed by atoms with Crippen molar-refractivity contribution in [3.8, 4) is 5.75 Å². The Bertz CT molecular complexity index is 337. The Morgan fingerprint density at radius 3 is 2.35 bits per heavy atom. The first-order chi connectivity index (χ1) is 9.83. The van der Waals surface area contributed by atoms with Gasteiger partial charge in [-0.25, -0.2) is 0 Å². The van der Waals surface area contributed by atoms with E-state index >= 15 is 0 Å². The van der Waals surface area contributed by atoms with E-state index in [0.29, 0.717) is 6.04 Å². The Balaban J connectivity index is 2.16. The topological polar surface area (TPSA) is 21.3 Å². The summed E-state index contributed by atoms with van der Waals surface area (Å²) in [4.78, 5) is 1.35. The first-order valence-electron chi connectivity index (χ1n) is 8.12. The minimum atomic E-state index is 0.449. The zero-order valence-corrected chi connectivity index (χ0v) is 14.2. The summed E-state index contributed by atoms with van der Waals surface area (Å²) in [5.41, 5.74) is 0. The Morgan fingerprint density at radius 2 is 1.75 bits per heavy atom. The van der Waals surface area contributed by atoms with E-state index in [4.69, 9.17) is 4.74 Å². The van der Waals surface area contributed by atoms with Crippen LogP contribution in [0.1, 0.15) is 75.6 Å². The van der Waals surface area contributed by atoms with E-state index < -0.39 is 0 Å². The third-order valence-electron chi connectivity index (χ3n) is 3.89. The van der Waals surface area contributed by atoms with Crippen molar-refractivity contribution in [3.63, 3.8) is 0 Å². The molecular weight excluding hydrogens is 266 g/mol. The number of hydrogen-bond donors (Lipinski definition) is 1. The fraction of sp³-hybridized carbons (Fsp3) is 0.765. The summed E-state index contributed by atoms with van der Waals surface area (Å²) in [7, 11) is 3.81. The molecule has 20 heavy (non-hydrogen) atoms. The first kappa shape index (κ1) is 17.5. The van der Waals surface area contributed by atoms with Gasteiger partial charge in [-0.15, -0.1) is 11.3 Å². The summed E-state index contributed by atoms with van der Waals surface area (Å²) in [6, 6.07) is 2.52. The van der Waals surface area contributed by atoms with E-state index in [1.807, 2.05) is 0 Å². The second-order valence-corrected chi connectivity index (χ2v) is 6.41. The molecule has 0 spiro atoms. The van der Waals surface area contributed by atoms with Crippen molar-refractivity contribution in [3.05, 3.63) is 16.3 Å². The van der Waals surface area contributed by atoms with E-state index in [1.165, 1.54) is 62.7 Å². The van der Waals surface area contributed by atoms with Gasteiger partial charge in [0.2, 0.25) is 0 Å². The SMILES string of the molecule is CCCCCCCCCCC(NC)c1sccc1OC. The Morgan fingerprint density at radius 1 is 1.10 bits per heavy atom. The summed E-state index contributed by atoms with van der Waals surface area (Å²) in [6.07, 6.45) is 12.3. The van der Waals surface area contributed by atoms with Gasteiger partial charge in [0, 0.05) is 6.04 Å². The molecule has 0 aliphatic carbocycles. The monoisotopic (exact) mass is 297 g/mol. The highest BCUT2D eigenvalue weighted by molar-refractivity contribution is 7.10. The van der Waals surface area contributed by atoms with Gasteiger partial charge in [-0.3, -0.25) is 0 Å².